The fourth-order valence-electron chi connectivity index (χ4n) is 2.90. The minimum absolute atomic E-state index is 0.356. The van der Waals surface area contributed by atoms with E-state index < -0.39 is 5.97 Å². The number of carbonyl (C=O) groups is 1. The predicted octanol–water partition coefficient (Wildman–Crippen LogP) is 7.06. The van der Waals surface area contributed by atoms with Crippen LogP contribution >= 0.6 is 27.5 Å². The minimum atomic E-state index is -0.477. The van der Waals surface area contributed by atoms with Crippen LogP contribution in [0.15, 0.2) is 53.0 Å². The Hall–Kier alpha value is -2.37. The van der Waals surface area contributed by atoms with Crippen molar-refractivity contribution in [2.24, 2.45) is 0 Å². The first-order chi connectivity index (χ1) is 13.3. The van der Waals surface area contributed by atoms with Crippen LogP contribution in [0, 0.1) is 19.7 Å². The lowest BCUT2D eigenvalue weighted by Gasteiger charge is -2.15. The van der Waals surface area contributed by atoms with Crippen LogP contribution in [0.2, 0.25) is 5.02 Å². The lowest BCUT2D eigenvalue weighted by molar-refractivity contribution is 0.0602. The number of anilines is 2. The summed E-state index contributed by atoms with van der Waals surface area (Å²) in [6.07, 6.45) is 0. The molecule has 1 N–H and O–H groups in total. The highest BCUT2D eigenvalue weighted by Crippen LogP contribution is 2.33. The summed E-state index contributed by atoms with van der Waals surface area (Å²) in [6, 6.07) is 13.8. The summed E-state index contributed by atoms with van der Waals surface area (Å²) in [7, 11) is 1.32. The van der Waals surface area contributed by atoms with Gasteiger partial charge in [-0.1, -0.05) is 33.6 Å². The summed E-state index contributed by atoms with van der Waals surface area (Å²) in [4.78, 5) is 12.1. The lowest BCUT2D eigenvalue weighted by atomic mass is 10.00. The average Bonchev–Trinajstić information content (AvgIpc) is 2.67. The van der Waals surface area contributed by atoms with Crippen molar-refractivity contribution in [3.8, 4) is 11.1 Å². The second-order valence-electron chi connectivity index (χ2n) is 6.42. The number of esters is 1. The van der Waals surface area contributed by atoms with E-state index in [1.807, 2.05) is 19.9 Å². The summed E-state index contributed by atoms with van der Waals surface area (Å²) >= 11 is 9.42. The van der Waals surface area contributed by atoms with Crippen molar-refractivity contribution < 1.29 is 13.9 Å². The van der Waals surface area contributed by atoms with Gasteiger partial charge >= 0.3 is 5.97 Å². The van der Waals surface area contributed by atoms with Crippen LogP contribution in [0.4, 0.5) is 15.8 Å². The maximum absolute atomic E-state index is 14.9. The van der Waals surface area contributed by atoms with Crippen LogP contribution in [-0.2, 0) is 4.74 Å². The monoisotopic (exact) mass is 461 g/mol. The summed E-state index contributed by atoms with van der Waals surface area (Å²) in [5, 5.41) is 3.78. The molecule has 3 aromatic carbocycles. The molecule has 28 heavy (non-hydrogen) atoms. The van der Waals surface area contributed by atoms with Gasteiger partial charge in [0.25, 0.3) is 0 Å². The molecule has 0 amide bonds. The van der Waals surface area contributed by atoms with Crippen molar-refractivity contribution in [2.75, 3.05) is 12.4 Å². The molecule has 0 saturated heterocycles. The van der Waals surface area contributed by atoms with E-state index in [4.69, 9.17) is 16.3 Å². The van der Waals surface area contributed by atoms with Gasteiger partial charge in [0.05, 0.1) is 18.4 Å². The van der Waals surface area contributed by atoms with Gasteiger partial charge in [-0.05, 0) is 73.0 Å². The van der Waals surface area contributed by atoms with Gasteiger partial charge in [-0.15, -0.1) is 0 Å². The second-order valence-corrected chi connectivity index (χ2v) is 7.74. The van der Waals surface area contributed by atoms with Crippen LogP contribution in [0.3, 0.4) is 0 Å². The number of nitrogens with one attached hydrogen (secondary N) is 1. The Morgan fingerprint density at radius 1 is 1.04 bits per heavy atom. The molecule has 0 spiro atoms. The Bertz CT molecular complexity index is 1070. The van der Waals surface area contributed by atoms with Crippen LogP contribution in [0.25, 0.3) is 11.1 Å². The SMILES string of the molecule is COC(=O)c1cc(Br)ccc1Nc1cc(F)c(-c2ccc(Cl)c(C)c2)cc1C. The number of rotatable bonds is 4. The summed E-state index contributed by atoms with van der Waals surface area (Å²) in [6.45, 7) is 3.76. The number of aryl methyl sites for hydroxylation is 2. The Morgan fingerprint density at radius 2 is 1.79 bits per heavy atom. The van der Waals surface area contributed by atoms with Crippen LogP contribution in [-0.4, -0.2) is 13.1 Å². The Kier molecular flexibility index (Phi) is 6.06. The minimum Gasteiger partial charge on any atom is -0.465 e. The normalized spacial score (nSPS) is 10.6. The third-order valence-corrected chi connectivity index (χ3v) is 5.36. The Balaban J connectivity index is 2.00. The molecule has 0 aromatic heterocycles. The van der Waals surface area contributed by atoms with Gasteiger partial charge < -0.3 is 10.1 Å². The first-order valence-corrected chi connectivity index (χ1v) is 9.69. The molecule has 0 atom stereocenters. The van der Waals surface area contributed by atoms with Gasteiger partial charge in [-0.2, -0.15) is 0 Å². The lowest BCUT2D eigenvalue weighted by Crippen LogP contribution is -2.06. The largest absolute Gasteiger partial charge is 0.465 e. The van der Waals surface area contributed by atoms with E-state index in [9.17, 15) is 9.18 Å². The first-order valence-electron chi connectivity index (χ1n) is 8.51. The molecule has 6 heteroatoms. The molecule has 0 unspecified atom stereocenters. The third-order valence-electron chi connectivity index (χ3n) is 4.44. The quantitative estimate of drug-likeness (QED) is 0.422. The molecule has 0 fully saturated rings. The smallest absolute Gasteiger partial charge is 0.340 e. The van der Waals surface area contributed by atoms with Gasteiger partial charge in [0, 0.05) is 20.7 Å². The molecular weight excluding hydrogens is 445 g/mol. The molecule has 0 aliphatic carbocycles. The summed E-state index contributed by atoms with van der Waals surface area (Å²) in [5.74, 6) is -0.846. The van der Waals surface area contributed by atoms with Crippen molar-refractivity contribution in [1.29, 1.82) is 0 Å². The first kappa shape index (κ1) is 20.4. The fraction of sp³-hybridized carbons (Fsp3) is 0.136. The predicted molar refractivity (Wildman–Crippen MR) is 115 cm³/mol. The standard InChI is InChI=1S/C22H18BrClFNO2/c1-12-8-14(4-6-18(12)24)16-9-13(2)21(11-19(16)25)26-20-7-5-15(23)10-17(20)22(27)28-3/h4-11,26H,1-3H3. The zero-order chi connectivity index (χ0) is 20.4. The van der Waals surface area contributed by atoms with E-state index in [1.54, 1.807) is 36.4 Å². The van der Waals surface area contributed by atoms with E-state index >= 15 is 0 Å². The fourth-order valence-corrected chi connectivity index (χ4v) is 3.38. The van der Waals surface area contributed by atoms with Crippen LogP contribution in [0.1, 0.15) is 21.5 Å². The number of halogens is 3. The molecule has 0 heterocycles. The molecule has 0 aliphatic heterocycles. The maximum Gasteiger partial charge on any atom is 0.340 e. The highest BCUT2D eigenvalue weighted by Gasteiger charge is 2.15. The highest BCUT2D eigenvalue weighted by molar-refractivity contribution is 9.10. The molecule has 0 aliphatic rings. The molecular formula is C22H18BrClFNO2. The van der Waals surface area contributed by atoms with Gasteiger partial charge in [0.1, 0.15) is 5.82 Å². The van der Waals surface area contributed by atoms with E-state index in [0.29, 0.717) is 27.5 Å². The maximum atomic E-state index is 14.9. The van der Waals surface area contributed by atoms with Crippen molar-refractivity contribution in [3.05, 3.63) is 80.5 Å². The van der Waals surface area contributed by atoms with E-state index in [2.05, 4.69) is 21.2 Å². The molecule has 3 rings (SSSR count). The highest BCUT2D eigenvalue weighted by atomic mass is 79.9. The molecule has 0 radical (unpaired) electrons. The van der Waals surface area contributed by atoms with E-state index in [-0.39, 0.29) is 5.82 Å². The zero-order valence-corrected chi connectivity index (χ0v) is 17.9. The van der Waals surface area contributed by atoms with Gasteiger partial charge in [-0.25, -0.2) is 9.18 Å². The molecule has 0 saturated carbocycles. The van der Waals surface area contributed by atoms with Crippen molar-refractivity contribution in [3.63, 3.8) is 0 Å². The number of hydrogen-bond acceptors (Lipinski definition) is 3. The second kappa shape index (κ2) is 8.33. The number of carbonyl (C=O) groups excluding carboxylic acids is 1. The summed E-state index contributed by atoms with van der Waals surface area (Å²) < 4.78 is 20.5. The van der Waals surface area contributed by atoms with Gasteiger partial charge in [0.2, 0.25) is 0 Å². The molecule has 144 valence electrons. The zero-order valence-electron chi connectivity index (χ0n) is 15.6. The topological polar surface area (TPSA) is 38.3 Å². The van der Waals surface area contributed by atoms with Crippen LogP contribution < -0.4 is 5.32 Å². The number of methoxy groups -OCH3 is 1. The van der Waals surface area contributed by atoms with E-state index in [0.717, 1.165) is 21.2 Å². The van der Waals surface area contributed by atoms with Crippen LogP contribution in [0.5, 0.6) is 0 Å². The van der Waals surface area contributed by atoms with Crippen molar-refractivity contribution in [1.82, 2.24) is 0 Å². The van der Waals surface area contributed by atoms with Crippen molar-refractivity contribution in [2.45, 2.75) is 13.8 Å². The average molecular weight is 463 g/mol. The van der Waals surface area contributed by atoms with Crippen molar-refractivity contribution >= 4 is 44.9 Å². The van der Waals surface area contributed by atoms with Gasteiger partial charge in [-0.3, -0.25) is 0 Å². The Labute approximate surface area is 176 Å². The number of ether oxygens (including phenoxy) is 1. The number of hydrogen-bond donors (Lipinski definition) is 1. The third kappa shape index (κ3) is 4.21. The van der Waals surface area contributed by atoms with E-state index in [1.165, 1.54) is 13.2 Å². The Morgan fingerprint density at radius 3 is 2.46 bits per heavy atom. The van der Waals surface area contributed by atoms with Gasteiger partial charge in [0.15, 0.2) is 0 Å². The number of benzene rings is 3. The molecule has 3 aromatic rings. The summed E-state index contributed by atoms with van der Waals surface area (Å²) in [5.41, 5.74) is 4.43. The molecule has 3 nitrogen and oxygen atoms in total. The molecule has 0 bridgehead atoms.